The van der Waals surface area contributed by atoms with Crippen molar-refractivity contribution in [3.63, 3.8) is 0 Å². The van der Waals surface area contributed by atoms with E-state index in [0.29, 0.717) is 0 Å². The number of likely N-dealkylation sites (tertiary alicyclic amines) is 2. The first kappa shape index (κ1) is 33.8. The van der Waals surface area contributed by atoms with Gasteiger partial charge >= 0.3 is 0 Å². The molecule has 4 aliphatic rings. The van der Waals surface area contributed by atoms with Gasteiger partial charge in [0.1, 0.15) is 11.6 Å². The summed E-state index contributed by atoms with van der Waals surface area (Å²) in [6.07, 6.45) is 11.1. The predicted octanol–water partition coefficient (Wildman–Crippen LogP) is 7.90. The van der Waals surface area contributed by atoms with Crippen LogP contribution in [-0.4, -0.2) is 57.9 Å². The number of aliphatic hydroxyl groups is 1. The quantitative estimate of drug-likeness (QED) is 0.191. The maximum absolute atomic E-state index is 13.0. The van der Waals surface area contributed by atoms with E-state index in [9.17, 15) is 18.7 Å². The number of rotatable bonds is 4. The van der Waals surface area contributed by atoms with Crippen molar-refractivity contribution in [3.05, 3.63) is 155 Å². The summed E-state index contributed by atoms with van der Waals surface area (Å²) < 4.78 is 26.1. The fraction of sp³-hybridized carbons (Fsp3) is 0.310. The van der Waals surface area contributed by atoms with Gasteiger partial charge in [0, 0.05) is 61.8 Å². The lowest BCUT2D eigenvalue weighted by atomic mass is 9.86. The topological polar surface area (TPSA) is 67.8 Å². The van der Waals surface area contributed by atoms with Crippen LogP contribution in [0.3, 0.4) is 0 Å². The Bertz CT molecular complexity index is 1840. The number of fused-ring (bicyclic) bond motifs is 2. The number of para-hydroxylation sites is 2. The molecule has 2 saturated heterocycles. The van der Waals surface area contributed by atoms with Gasteiger partial charge in [-0.25, -0.2) is 8.78 Å². The maximum atomic E-state index is 13.0. The number of carbonyl (C=O) groups excluding carboxylic acids is 1. The molecule has 0 aromatic heterocycles. The minimum atomic E-state index is -0.555. The van der Waals surface area contributed by atoms with E-state index in [4.69, 9.17) is 0 Å². The number of piperidine rings is 2. The van der Waals surface area contributed by atoms with Crippen molar-refractivity contribution in [1.82, 2.24) is 9.80 Å². The third-order valence-electron chi connectivity index (χ3n) is 10.5. The van der Waals surface area contributed by atoms with Crippen LogP contribution in [0.15, 0.2) is 121 Å². The second kappa shape index (κ2) is 14.7. The summed E-state index contributed by atoms with van der Waals surface area (Å²) in [6, 6.07) is 29.2. The molecule has 4 aromatic carbocycles. The smallest absolute Gasteiger partial charge is 0.187 e. The zero-order chi connectivity index (χ0) is 34.6. The Hall–Kier alpha value is -4.63. The number of aliphatic hydroxyl groups excluding tert-OH is 1. The highest BCUT2D eigenvalue weighted by atomic mass is 19.1. The van der Waals surface area contributed by atoms with Crippen LogP contribution in [0, 0.1) is 11.6 Å². The van der Waals surface area contributed by atoms with E-state index in [1.54, 1.807) is 6.08 Å². The average molecular weight is 675 g/mol. The number of ketones is 1. The number of halogens is 2. The van der Waals surface area contributed by atoms with E-state index in [1.165, 1.54) is 24.3 Å². The Kier molecular flexibility index (Phi) is 9.95. The highest BCUT2D eigenvalue weighted by Crippen LogP contribution is 2.37. The molecule has 1 unspecified atom stereocenters. The zero-order valence-corrected chi connectivity index (χ0v) is 28.2. The van der Waals surface area contributed by atoms with Gasteiger partial charge < -0.3 is 15.7 Å². The summed E-state index contributed by atoms with van der Waals surface area (Å²) in [5.41, 5.74) is 5.61. The summed E-state index contributed by atoms with van der Waals surface area (Å²) in [7, 11) is 0. The minimum absolute atomic E-state index is 0.0636. The molecule has 1 atom stereocenters. The summed E-state index contributed by atoms with van der Waals surface area (Å²) in [5.74, 6) is -0.322. The van der Waals surface area contributed by atoms with Gasteiger partial charge in [-0.3, -0.25) is 14.6 Å². The van der Waals surface area contributed by atoms with Crippen LogP contribution < -0.4 is 10.6 Å². The number of nitrogens with zero attached hydrogens (tertiary/aromatic N) is 2. The fourth-order valence-corrected chi connectivity index (χ4v) is 7.50. The molecular weight excluding hydrogens is 630 g/mol. The van der Waals surface area contributed by atoms with Gasteiger partial charge in [-0.05, 0) is 85.4 Å². The van der Waals surface area contributed by atoms with Crippen LogP contribution >= 0.6 is 0 Å². The van der Waals surface area contributed by atoms with Crippen LogP contribution in [0.1, 0.15) is 58.8 Å². The van der Waals surface area contributed by atoms with Crippen molar-refractivity contribution in [1.29, 1.82) is 0 Å². The van der Waals surface area contributed by atoms with Crippen molar-refractivity contribution in [2.24, 2.45) is 0 Å². The number of allylic oxidation sites excluding steroid dienone is 1. The molecule has 0 bridgehead atoms. The number of hydrogen-bond donors (Lipinski definition) is 3. The standard InChI is InChI=1S/C21H23FN2O.C21H21FN2O/c2*22-17-7-5-16(6-8-17)15-24-13-11-21(12-14-24)10-9-20(25)18-3-1-2-4-19(18)23-21/h1-10,20,23,25H,11-15H2;1-10,23H,11-15H2. The molecule has 6 nitrogen and oxygen atoms in total. The lowest BCUT2D eigenvalue weighted by Gasteiger charge is -2.41. The molecule has 4 aliphatic heterocycles. The van der Waals surface area contributed by atoms with Crippen LogP contribution in [0.2, 0.25) is 0 Å². The molecule has 2 spiro atoms. The molecule has 4 aromatic rings. The Balaban J connectivity index is 0.000000157. The average Bonchev–Trinajstić information content (AvgIpc) is 3.36. The van der Waals surface area contributed by atoms with Crippen LogP contribution in [-0.2, 0) is 13.1 Å². The lowest BCUT2D eigenvalue weighted by Crippen LogP contribution is -2.47. The molecule has 258 valence electrons. The van der Waals surface area contributed by atoms with Crippen molar-refractivity contribution in [2.45, 2.75) is 56.0 Å². The van der Waals surface area contributed by atoms with Gasteiger partial charge in [0.2, 0.25) is 0 Å². The first-order valence-corrected chi connectivity index (χ1v) is 17.6. The summed E-state index contributed by atoms with van der Waals surface area (Å²) in [6.45, 7) is 5.48. The molecule has 0 radical (unpaired) electrons. The number of nitrogens with one attached hydrogen (secondary N) is 2. The normalized spacial score (nSPS) is 20.8. The largest absolute Gasteiger partial charge is 0.384 e. The Morgan fingerprint density at radius 3 is 1.70 bits per heavy atom. The Morgan fingerprint density at radius 2 is 1.12 bits per heavy atom. The molecule has 8 rings (SSSR count). The summed E-state index contributed by atoms with van der Waals surface area (Å²) in [4.78, 5) is 17.1. The van der Waals surface area contributed by atoms with Crippen LogP contribution in [0.5, 0.6) is 0 Å². The van der Waals surface area contributed by atoms with Crippen molar-refractivity contribution < 1.29 is 18.7 Å². The summed E-state index contributed by atoms with van der Waals surface area (Å²) >= 11 is 0. The summed E-state index contributed by atoms with van der Waals surface area (Å²) in [5, 5.41) is 17.6. The minimum Gasteiger partial charge on any atom is -0.384 e. The van der Waals surface area contributed by atoms with E-state index in [0.717, 1.165) is 98.6 Å². The van der Waals surface area contributed by atoms with Crippen molar-refractivity contribution in [2.75, 3.05) is 36.8 Å². The SMILES string of the molecule is O=C1C=CC2(CCN(Cc3ccc(F)cc3)CC2)Nc2ccccc21.OC1C=CC2(CCN(Cc3ccc(F)cc3)CC2)Nc2ccccc21. The second-order valence-electron chi connectivity index (χ2n) is 14.0. The Morgan fingerprint density at radius 1 is 0.640 bits per heavy atom. The third kappa shape index (κ3) is 7.88. The number of benzene rings is 4. The molecular formula is C42H44F2N4O2. The fourth-order valence-electron chi connectivity index (χ4n) is 7.50. The molecule has 50 heavy (non-hydrogen) atoms. The van der Waals surface area contributed by atoms with E-state index in [1.807, 2.05) is 84.9 Å². The molecule has 3 N–H and O–H groups in total. The maximum Gasteiger partial charge on any atom is 0.187 e. The molecule has 8 heteroatoms. The van der Waals surface area contributed by atoms with E-state index < -0.39 is 6.10 Å². The highest BCUT2D eigenvalue weighted by molar-refractivity contribution is 6.09. The van der Waals surface area contributed by atoms with Gasteiger partial charge in [0.05, 0.1) is 17.2 Å². The number of carbonyl (C=O) groups is 1. The number of anilines is 2. The third-order valence-corrected chi connectivity index (χ3v) is 10.5. The zero-order valence-electron chi connectivity index (χ0n) is 28.2. The van der Waals surface area contributed by atoms with Gasteiger partial charge in [0.15, 0.2) is 5.78 Å². The van der Waals surface area contributed by atoms with Crippen molar-refractivity contribution >= 4 is 17.2 Å². The van der Waals surface area contributed by atoms with E-state index in [2.05, 4.69) is 26.5 Å². The van der Waals surface area contributed by atoms with Gasteiger partial charge in [-0.2, -0.15) is 0 Å². The van der Waals surface area contributed by atoms with Gasteiger partial charge in [-0.15, -0.1) is 0 Å². The molecule has 0 amide bonds. The second-order valence-corrected chi connectivity index (χ2v) is 14.0. The van der Waals surface area contributed by atoms with Gasteiger partial charge in [-0.1, -0.05) is 72.8 Å². The predicted molar refractivity (Wildman–Crippen MR) is 195 cm³/mol. The van der Waals surface area contributed by atoms with E-state index in [-0.39, 0.29) is 28.5 Å². The van der Waals surface area contributed by atoms with Crippen LogP contribution in [0.4, 0.5) is 20.2 Å². The van der Waals surface area contributed by atoms with Crippen LogP contribution in [0.25, 0.3) is 0 Å². The molecule has 4 heterocycles. The monoisotopic (exact) mass is 674 g/mol. The molecule has 0 saturated carbocycles. The first-order valence-electron chi connectivity index (χ1n) is 17.6. The lowest BCUT2D eigenvalue weighted by molar-refractivity contribution is 0.104. The van der Waals surface area contributed by atoms with E-state index >= 15 is 0 Å². The number of hydrogen-bond acceptors (Lipinski definition) is 6. The highest BCUT2D eigenvalue weighted by Gasteiger charge is 2.36. The first-order chi connectivity index (χ1) is 24.3. The Labute approximate surface area is 293 Å². The van der Waals surface area contributed by atoms with Gasteiger partial charge in [0.25, 0.3) is 0 Å². The van der Waals surface area contributed by atoms with Crippen molar-refractivity contribution in [3.8, 4) is 0 Å². The molecule has 2 fully saturated rings. The molecule has 0 aliphatic carbocycles.